The molecule has 1 heterocycles. The Morgan fingerprint density at radius 2 is 1.79 bits per heavy atom. The van der Waals surface area contributed by atoms with Crippen molar-refractivity contribution in [3.05, 3.63) is 59.2 Å². The van der Waals surface area contributed by atoms with Crippen LogP contribution >= 0.6 is 0 Å². The summed E-state index contributed by atoms with van der Waals surface area (Å²) in [7, 11) is 1.31. The molecule has 3 N–H and O–H groups in total. The number of benzene rings is 2. The van der Waals surface area contributed by atoms with Gasteiger partial charge in [0.2, 0.25) is 5.91 Å². The molecule has 2 unspecified atom stereocenters. The smallest absolute Gasteiger partial charge is 0.319 e. The van der Waals surface area contributed by atoms with Gasteiger partial charge in [0.25, 0.3) is 0 Å². The Hall–Kier alpha value is -3.16. The van der Waals surface area contributed by atoms with Gasteiger partial charge in [0.15, 0.2) is 0 Å². The van der Waals surface area contributed by atoms with Gasteiger partial charge >= 0.3 is 6.03 Å². The lowest BCUT2D eigenvalue weighted by Crippen LogP contribution is -2.45. The highest BCUT2D eigenvalue weighted by Crippen LogP contribution is 2.40. The number of methoxy groups -OCH3 is 1. The molecule has 1 aliphatic carbocycles. The van der Waals surface area contributed by atoms with Crippen molar-refractivity contribution in [1.29, 1.82) is 0 Å². The zero-order valence-electron chi connectivity index (χ0n) is 15.8. The zero-order chi connectivity index (χ0) is 20.5. The first kappa shape index (κ1) is 19.2. The van der Waals surface area contributed by atoms with Crippen LogP contribution in [0.4, 0.5) is 19.3 Å². The summed E-state index contributed by atoms with van der Waals surface area (Å²) in [5, 5.41) is 7.74. The first-order valence-corrected chi connectivity index (χ1v) is 9.44. The summed E-state index contributed by atoms with van der Waals surface area (Å²) in [6, 6.07) is 7.90. The molecule has 1 saturated heterocycles. The third kappa shape index (κ3) is 4.01. The van der Waals surface area contributed by atoms with Crippen LogP contribution in [-0.4, -0.2) is 31.6 Å². The van der Waals surface area contributed by atoms with Crippen molar-refractivity contribution in [2.24, 2.45) is 0 Å². The van der Waals surface area contributed by atoms with Crippen LogP contribution in [0.2, 0.25) is 0 Å². The van der Waals surface area contributed by atoms with Crippen LogP contribution in [0.25, 0.3) is 0 Å². The highest BCUT2D eigenvalue weighted by atomic mass is 19.1. The van der Waals surface area contributed by atoms with Crippen LogP contribution in [0.5, 0.6) is 5.75 Å². The van der Waals surface area contributed by atoms with Crippen molar-refractivity contribution < 1.29 is 23.1 Å². The van der Waals surface area contributed by atoms with Crippen LogP contribution in [0, 0.1) is 11.6 Å². The number of halogens is 2. The van der Waals surface area contributed by atoms with E-state index >= 15 is 0 Å². The summed E-state index contributed by atoms with van der Waals surface area (Å²) in [5.41, 5.74) is 1.54. The van der Waals surface area contributed by atoms with Gasteiger partial charge in [-0.15, -0.1) is 0 Å². The zero-order valence-corrected chi connectivity index (χ0v) is 15.8. The van der Waals surface area contributed by atoms with E-state index < -0.39 is 35.5 Å². The fourth-order valence-corrected chi connectivity index (χ4v) is 3.65. The van der Waals surface area contributed by atoms with Crippen LogP contribution < -0.4 is 20.7 Å². The number of ether oxygens (including phenoxy) is 1. The quantitative estimate of drug-likeness (QED) is 0.720. The molecule has 2 fully saturated rings. The highest BCUT2D eigenvalue weighted by Gasteiger charge is 2.40. The first-order chi connectivity index (χ1) is 14.0. The van der Waals surface area contributed by atoms with Gasteiger partial charge in [0, 0.05) is 35.8 Å². The number of amides is 3. The van der Waals surface area contributed by atoms with E-state index in [1.807, 2.05) is 12.1 Å². The summed E-state index contributed by atoms with van der Waals surface area (Å²) in [4.78, 5) is 24.6. The molecule has 8 heteroatoms. The minimum atomic E-state index is -1.10. The van der Waals surface area contributed by atoms with E-state index in [0.29, 0.717) is 11.6 Å². The molecule has 1 saturated carbocycles. The van der Waals surface area contributed by atoms with Crippen molar-refractivity contribution in [1.82, 2.24) is 10.6 Å². The molecule has 6 nitrogen and oxygen atoms in total. The van der Waals surface area contributed by atoms with Gasteiger partial charge in [-0.25, -0.2) is 13.6 Å². The molecular weight excluding hydrogens is 380 g/mol. The predicted molar refractivity (Wildman–Crippen MR) is 103 cm³/mol. The Morgan fingerprint density at radius 3 is 2.38 bits per heavy atom. The first-order valence-electron chi connectivity index (χ1n) is 9.44. The second-order valence-corrected chi connectivity index (χ2v) is 7.33. The Morgan fingerprint density at radius 1 is 1.14 bits per heavy atom. The third-order valence-electron chi connectivity index (χ3n) is 5.34. The van der Waals surface area contributed by atoms with Gasteiger partial charge in [-0.2, -0.15) is 0 Å². The van der Waals surface area contributed by atoms with Crippen molar-refractivity contribution in [3.8, 4) is 5.75 Å². The second-order valence-electron chi connectivity index (χ2n) is 7.33. The van der Waals surface area contributed by atoms with Crippen molar-refractivity contribution in [2.45, 2.75) is 30.7 Å². The number of rotatable bonds is 5. The molecule has 2 atom stereocenters. The second kappa shape index (κ2) is 7.69. The van der Waals surface area contributed by atoms with E-state index in [1.165, 1.54) is 25.5 Å². The predicted octanol–water partition coefficient (Wildman–Crippen LogP) is 3.25. The average Bonchev–Trinajstić information content (AvgIpc) is 3.48. The molecule has 152 valence electrons. The summed E-state index contributed by atoms with van der Waals surface area (Å²) >= 11 is 0. The maximum Gasteiger partial charge on any atom is 0.319 e. The topological polar surface area (TPSA) is 79.5 Å². The maximum absolute atomic E-state index is 14.5. The SMILES string of the molecule is COc1cc(F)c(C2CNC(=O)C2NC(=O)Nc2ccc(C3CC3)cc2)c(F)c1. The molecule has 0 radical (unpaired) electrons. The van der Waals surface area contributed by atoms with E-state index in [-0.39, 0.29) is 17.9 Å². The fraction of sp³-hybridized carbons (Fsp3) is 0.333. The molecule has 2 aromatic carbocycles. The lowest BCUT2D eigenvalue weighted by molar-refractivity contribution is -0.120. The number of urea groups is 1. The Labute approximate surface area is 166 Å². The summed E-state index contributed by atoms with van der Waals surface area (Å²) in [6.07, 6.45) is 2.37. The minimum absolute atomic E-state index is 0.0139. The molecule has 0 bridgehead atoms. The van der Waals surface area contributed by atoms with Gasteiger partial charge < -0.3 is 20.7 Å². The number of carbonyl (C=O) groups is 2. The fourth-order valence-electron chi connectivity index (χ4n) is 3.65. The number of carbonyl (C=O) groups excluding carboxylic acids is 2. The maximum atomic E-state index is 14.5. The number of hydrogen-bond acceptors (Lipinski definition) is 3. The molecule has 4 rings (SSSR count). The van der Waals surface area contributed by atoms with Crippen LogP contribution in [0.15, 0.2) is 36.4 Å². The van der Waals surface area contributed by atoms with E-state index in [4.69, 9.17) is 4.74 Å². The third-order valence-corrected chi connectivity index (χ3v) is 5.34. The van der Waals surface area contributed by atoms with Crippen LogP contribution in [-0.2, 0) is 4.79 Å². The Bertz CT molecular complexity index is 922. The van der Waals surface area contributed by atoms with E-state index in [2.05, 4.69) is 16.0 Å². The number of nitrogens with one attached hydrogen (secondary N) is 3. The van der Waals surface area contributed by atoms with Crippen molar-refractivity contribution >= 4 is 17.6 Å². The standard InChI is InChI=1S/C21H21F2N3O3/c1-29-14-8-16(22)18(17(23)9-14)15-10-24-20(27)19(15)26-21(28)25-13-6-4-12(5-7-13)11-2-3-11/h4-9,11,15,19H,2-3,10H2,1H3,(H,24,27)(H2,25,26,28). The number of anilines is 1. The summed E-state index contributed by atoms with van der Waals surface area (Å²) < 4.78 is 33.8. The van der Waals surface area contributed by atoms with Gasteiger partial charge in [-0.05, 0) is 36.5 Å². The summed E-state index contributed by atoms with van der Waals surface area (Å²) in [5.74, 6) is -2.38. The lowest BCUT2D eigenvalue weighted by atomic mass is 9.93. The van der Waals surface area contributed by atoms with Crippen LogP contribution in [0.3, 0.4) is 0 Å². The molecule has 1 aliphatic heterocycles. The largest absolute Gasteiger partial charge is 0.497 e. The van der Waals surface area contributed by atoms with Gasteiger partial charge in [0.05, 0.1) is 7.11 Å². The van der Waals surface area contributed by atoms with Gasteiger partial charge in [-0.1, -0.05) is 12.1 Å². The molecule has 2 aromatic rings. The van der Waals surface area contributed by atoms with E-state index in [1.54, 1.807) is 12.1 Å². The normalized spacial score (nSPS) is 20.9. The molecular formula is C21H21F2N3O3. The molecule has 2 aliphatic rings. The van der Waals surface area contributed by atoms with Crippen molar-refractivity contribution in [2.75, 3.05) is 19.0 Å². The monoisotopic (exact) mass is 401 g/mol. The van der Waals surface area contributed by atoms with Gasteiger partial charge in [-0.3, -0.25) is 4.79 Å². The van der Waals surface area contributed by atoms with Gasteiger partial charge in [0.1, 0.15) is 23.4 Å². The molecule has 3 amide bonds. The number of hydrogen-bond donors (Lipinski definition) is 3. The lowest BCUT2D eigenvalue weighted by Gasteiger charge is -2.20. The average molecular weight is 401 g/mol. The highest BCUT2D eigenvalue weighted by molar-refractivity contribution is 5.95. The van der Waals surface area contributed by atoms with E-state index in [0.717, 1.165) is 12.1 Å². The molecule has 0 spiro atoms. The van der Waals surface area contributed by atoms with Crippen molar-refractivity contribution in [3.63, 3.8) is 0 Å². The Kier molecular flexibility index (Phi) is 5.08. The molecule has 0 aromatic heterocycles. The Balaban J connectivity index is 1.47. The van der Waals surface area contributed by atoms with Crippen LogP contribution in [0.1, 0.15) is 35.8 Å². The minimum Gasteiger partial charge on any atom is -0.497 e. The summed E-state index contributed by atoms with van der Waals surface area (Å²) in [6.45, 7) is 0.0139. The molecule has 29 heavy (non-hydrogen) atoms. The van der Waals surface area contributed by atoms with E-state index in [9.17, 15) is 18.4 Å².